The number of fused-ring (bicyclic) bond motifs is 1. The van der Waals surface area contributed by atoms with Crippen LogP contribution >= 0.6 is 11.8 Å². The van der Waals surface area contributed by atoms with Crippen molar-refractivity contribution in [1.29, 1.82) is 0 Å². The minimum absolute atomic E-state index is 0.921. The molecule has 1 N–H and O–H groups in total. The van der Waals surface area contributed by atoms with E-state index in [4.69, 9.17) is 0 Å². The van der Waals surface area contributed by atoms with E-state index in [-0.39, 0.29) is 0 Å². The fourth-order valence-electron chi connectivity index (χ4n) is 2.85. The zero-order valence-electron chi connectivity index (χ0n) is 15.0. The van der Waals surface area contributed by atoms with Crippen LogP contribution in [0.15, 0.2) is 76.5 Å². The van der Waals surface area contributed by atoms with E-state index in [0.717, 1.165) is 19.6 Å². The van der Waals surface area contributed by atoms with Crippen LogP contribution in [0.1, 0.15) is 12.0 Å². The van der Waals surface area contributed by atoms with Gasteiger partial charge in [-0.05, 0) is 68.1 Å². The lowest BCUT2D eigenvalue weighted by Gasteiger charge is -2.12. The lowest BCUT2D eigenvalue weighted by atomic mass is 10.1. The number of benzene rings is 3. The van der Waals surface area contributed by atoms with Gasteiger partial charge in [0.25, 0.3) is 0 Å². The van der Waals surface area contributed by atoms with Crippen molar-refractivity contribution in [3.8, 4) is 0 Å². The van der Waals surface area contributed by atoms with E-state index in [1.165, 1.54) is 32.5 Å². The summed E-state index contributed by atoms with van der Waals surface area (Å²) < 4.78 is 0. The van der Waals surface area contributed by atoms with Gasteiger partial charge in [-0.25, -0.2) is 0 Å². The summed E-state index contributed by atoms with van der Waals surface area (Å²) in [5.41, 5.74) is 1.37. The molecule has 3 rings (SSSR count). The summed E-state index contributed by atoms with van der Waals surface area (Å²) in [7, 11) is 4.24. The van der Waals surface area contributed by atoms with Gasteiger partial charge in [-0.2, -0.15) is 0 Å². The molecule has 25 heavy (non-hydrogen) atoms. The largest absolute Gasteiger partial charge is 0.313 e. The van der Waals surface area contributed by atoms with Gasteiger partial charge >= 0.3 is 0 Å². The van der Waals surface area contributed by atoms with Crippen LogP contribution in [0.5, 0.6) is 0 Å². The average molecular weight is 351 g/mol. The molecular weight excluding hydrogens is 324 g/mol. The van der Waals surface area contributed by atoms with E-state index < -0.39 is 0 Å². The summed E-state index contributed by atoms with van der Waals surface area (Å²) in [6.45, 7) is 3.10. The number of hydrogen-bond acceptors (Lipinski definition) is 3. The highest BCUT2D eigenvalue weighted by molar-refractivity contribution is 7.99. The van der Waals surface area contributed by atoms with Gasteiger partial charge in [-0.3, -0.25) is 0 Å². The third kappa shape index (κ3) is 5.33. The molecule has 0 radical (unpaired) electrons. The summed E-state index contributed by atoms with van der Waals surface area (Å²) in [5, 5.41) is 6.16. The van der Waals surface area contributed by atoms with Gasteiger partial charge in [-0.15, -0.1) is 0 Å². The first-order valence-electron chi connectivity index (χ1n) is 8.82. The minimum Gasteiger partial charge on any atom is -0.313 e. The molecule has 0 saturated carbocycles. The van der Waals surface area contributed by atoms with E-state index in [1.54, 1.807) is 0 Å². The van der Waals surface area contributed by atoms with Crippen molar-refractivity contribution in [2.45, 2.75) is 22.8 Å². The zero-order chi connectivity index (χ0) is 17.5. The molecular formula is C22H26N2S. The SMILES string of the molecule is CN(C)CCCNCc1ccccc1Sc1ccc2ccccc2c1. The van der Waals surface area contributed by atoms with Crippen molar-refractivity contribution in [3.05, 3.63) is 72.3 Å². The van der Waals surface area contributed by atoms with Crippen molar-refractivity contribution < 1.29 is 0 Å². The lowest BCUT2D eigenvalue weighted by molar-refractivity contribution is 0.394. The maximum Gasteiger partial charge on any atom is 0.0216 e. The molecule has 0 aliphatic carbocycles. The number of hydrogen-bond donors (Lipinski definition) is 1. The predicted molar refractivity (Wildman–Crippen MR) is 109 cm³/mol. The van der Waals surface area contributed by atoms with E-state index in [2.05, 4.69) is 91.0 Å². The predicted octanol–water partition coefficient (Wildman–Crippen LogP) is 5.03. The molecule has 0 aliphatic heterocycles. The highest BCUT2D eigenvalue weighted by Gasteiger charge is 2.05. The summed E-state index contributed by atoms with van der Waals surface area (Å²) >= 11 is 1.85. The Morgan fingerprint density at radius 2 is 1.64 bits per heavy atom. The molecule has 0 bridgehead atoms. The Morgan fingerprint density at radius 1 is 0.880 bits per heavy atom. The lowest BCUT2D eigenvalue weighted by Crippen LogP contribution is -2.21. The van der Waals surface area contributed by atoms with Gasteiger partial charge in [-0.1, -0.05) is 60.3 Å². The molecule has 2 nitrogen and oxygen atoms in total. The number of rotatable bonds is 8. The molecule has 0 amide bonds. The van der Waals surface area contributed by atoms with Gasteiger partial charge in [0.1, 0.15) is 0 Å². The standard InChI is InChI=1S/C22H26N2S/c1-24(2)15-7-14-23-17-20-10-5-6-11-22(20)25-21-13-12-18-8-3-4-9-19(18)16-21/h3-6,8-13,16,23H,7,14-15,17H2,1-2H3. The van der Waals surface area contributed by atoms with Gasteiger partial charge in [0.2, 0.25) is 0 Å². The molecule has 0 heterocycles. The van der Waals surface area contributed by atoms with Gasteiger partial charge in [0, 0.05) is 16.3 Å². The molecule has 0 atom stereocenters. The second-order valence-corrected chi connectivity index (χ2v) is 7.67. The molecule has 0 aromatic heterocycles. The van der Waals surface area contributed by atoms with Crippen LogP contribution in [0.2, 0.25) is 0 Å². The highest BCUT2D eigenvalue weighted by Crippen LogP contribution is 2.32. The summed E-state index contributed by atoms with van der Waals surface area (Å²) in [6, 6.07) is 23.9. The Labute approximate surface area is 155 Å². The summed E-state index contributed by atoms with van der Waals surface area (Å²) in [5.74, 6) is 0. The van der Waals surface area contributed by atoms with E-state index in [0.29, 0.717) is 0 Å². The van der Waals surface area contributed by atoms with Crippen molar-refractivity contribution >= 4 is 22.5 Å². The quantitative estimate of drug-likeness (QED) is 0.574. The van der Waals surface area contributed by atoms with Crippen molar-refractivity contribution in [1.82, 2.24) is 10.2 Å². The Kier molecular flexibility index (Phi) is 6.51. The smallest absolute Gasteiger partial charge is 0.0216 e. The van der Waals surface area contributed by atoms with Crippen LogP contribution in [-0.4, -0.2) is 32.1 Å². The van der Waals surface area contributed by atoms with E-state index in [1.807, 2.05) is 11.8 Å². The normalized spacial score (nSPS) is 11.3. The average Bonchev–Trinajstić information content (AvgIpc) is 2.62. The molecule has 0 spiro atoms. The monoisotopic (exact) mass is 350 g/mol. The first-order valence-corrected chi connectivity index (χ1v) is 9.64. The molecule has 3 aromatic carbocycles. The first kappa shape index (κ1) is 18.0. The van der Waals surface area contributed by atoms with Crippen molar-refractivity contribution in [2.24, 2.45) is 0 Å². The van der Waals surface area contributed by atoms with Crippen LogP contribution in [0.25, 0.3) is 10.8 Å². The summed E-state index contributed by atoms with van der Waals surface area (Å²) in [6.07, 6.45) is 1.17. The Morgan fingerprint density at radius 3 is 2.48 bits per heavy atom. The fourth-order valence-corrected chi connectivity index (χ4v) is 3.84. The molecule has 0 unspecified atom stereocenters. The molecule has 3 heteroatoms. The van der Waals surface area contributed by atoms with Crippen LogP contribution < -0.4 is 5.32 Å². The Balaban J connectivity index is 1.65. The van der Waals surface area contributed by atoms with Crippen LogP contribution in [0, 0.1) is 0 Å². The van der Waals surface area contributed by atoms with Crippen LogP contribution in [0.4, 0.5) is 0 Å². The maximum absolute atomic E-state index is 3.57. The Bertz CT molecular complexity index is 814. The maximum atomic E-state index is 3.57. The number of nitrogens with one attached hydrogen (secondary N) is 1. The second kappa shape index (κ2) is 9.04. The second-order valence-electron chi connectivity index (χ2n) is 6.55. The van der Waals surface area contributed by atoms with Gasteiger partial charge < -0.3 is 10.2 Å². The van der Waals surface area contributed by atoms with Crippen LogP contribution in [-0.2, 0) is 6.54 Å². The number of nitrogens with zero attached hydrogens (tertiary/aromatic N) is 1. The third-order valence-electron chi connectivity index (χ3n) is 4.20. The topological polar surface area (TPSA) is 15.3 Å². The van der Waals surface area contributed by atoms with E-state index >= 15 is 0 Å². The zero-order valence-corrected chi connectivity index (χ0v) is 15.9. The molecule has 0 fully saturated rings. The highest BCUT2D eigenvalue weighted by atomic mass is 32.2. The first-order chi connectivity index (χ1) is 12.2. The van der Waals surface area contributed by atoms with E-state index in [9.17, 15) is 0 Å². The molecule has 0 aliphatic rings. The fraction of sp³-hybridized carbons (Fsp3) is 0.273. The van der Waals surface area contributed by atoms with Crippen molar-refractivity contribution in [2.75, 3.05) is 27.2 Å². The van der Waals surface area contributed by atoms with Crippen LogP contribution in [0.3, 0.4) is 0 Å². The van der Waals surface area contributed by atoms with Gasteiger partial charge in [0.15, 0.2) is 0 Å². The molecule has 0 saturated heterocycles. The molecule has 130 valence electrons. The van der Waals surface area contributed by atoms with Crippen molar-refractivity contribution in [3.63, 3.8) is 0 Å². The summed E-state index contributed by atoms with van der Waals surface area (Å²) in [4.78, 5) is 4.85. The van der Waals surface area contributed by atoms with Gasteiger partial charge in [0.05, 0.1) is 0 Å². The molecule has 3 aromatic rings. The third-order valence-corrected chi connectivity index (χ3v) is 5.30. The Hall–Kier alpha value is -1.81. The minimum atomic E-state index is 0.921.